The topological polar surface area (TPSA) is 21.6 Å². The van der Waals surface area contributed by atoms with Gasteiger partial charge in [0.15, 0.2) is 0 Å². The van der Waals surface area contributed by atoms with E-state index >= 15 is 0 Å². The van der Waals surface area contributed by atoms with Crippen LogP contribution in [0.15, 0.2) is 17.1 Å². The molecule has 0 aliphatic carbocycles. The van der Waals surface area contributed by atoms with Crippen LogP contribution in [-0.2, 0) is 6.42 Å². The van der Waals surface area contributed by atoms with Crippen LogP contribution in [0, 0.1) is 0 Å². The lowest BCUT2D eigenvalue weighted by molar-refractivity contribution is 0.409. The van der Waals surface area contributed by atoms with Gasteiger partial charge in [-0.25, -0.2) is 0 Å². The Labute approximate surface area is 88.6 Å². The third-order valence-corrected chi connectivity index (χ3v) is 2.83. The summed E-state index contributed by atoms with van der Waals surface area (Å²) in [7, 11) is 1.69. The first-order valence-electron chi connectivity index (χ1n) is 4.61. The van der Waals surface area contributed by atoms with Gasteiger partial charge in [0.05, 0.1) is 12.1 Å². The highest BCUT2D eigenvalue weighted by atomic mass is 35.5. The summed E-state index contributed by atoms with van der Waals surface area (Å²) >= 11 is 6.13. The molecule has 0 spiro atoms. The Morgan fingerprint density at radius 1 is 1.43 bits per heavy atom. The van der Waals surface area contributed by atoms with Crippen molar-refractivity contribution in [1.29, 1.82) is 0 Å². The van der Waals surface area contributed by atoms with E-state index in [1.54, 1.807) is 7.11 Å². The number of fused-ring (bicyclic) bond motifs is 1. The van der Waals surface area contributed by atoms with Crippen molar-refractivity contribution >= 4 is 17.3 Å². The van der Waals surface area contributed by atoms with E-state index in [9.17, 15) is 0 Å². The van der Waals surface area contributed by atoms with Gasteiger partial charge in [0.2, 0.25) is 0 Å². The molecule has 1 aromatic rings. The first kappa shape index (κ1) is 9.53. The zero-order valence-electron chi connectivity index (χ0n) is 8.30. The van der Waals surface area contributed by atoms with E-state index in [0.29, 0.717) is 0 Å². The highest BCUT2D eigenvalue weighted by Gasteiger charge is 2.17. The highest BCUT2D eigenvalue weighted by Crippen LogP contribution is 2.31. The first-order valence-corrected chi connectivity index (χ1v) is 4.98. The Kier molecular flexibility index (Phi) is 2.46. The summed E-state index contributed by atoms with van der Waals surface area (Å²) < 4.78 is 5.30. The van der Waals surface area contributed by atoms with Crippen LogP contribution in [0.5, 0.6) is 5.75 Å². The van der Waals surface area contributed by atoms with E-state index in [-0.39, 0.29) is 0 Å². The normalized spacial score (nSPS) is 14.6. The molecular weight excluding hydrogens is 198 g/mol. The molecule has 1 heterocycles. The molecular formula is C11H12ClNO. The zero-order valence-corrected chi connectivity index (χ0v) is 9.06. The van der Waals surface area contributed by atoms with Crippen molar-refractivity contribution < 1.29 is 4.74 Å². The van der Waals surface area contributed by atoms with Crippen LogP contribution in [0.3, 0.4) is 0 Å². The summed E-state index contributed by atoms with van der Waals surface area (Å²) in [4.78, 5) is 4.38. The quantitative estimate of drug-likeness (QED) is 0.697. The Hall–Kier alpha value is -1.02. The lowest BCUT2D eigenvalue weighted by Gasteiger charge is -2.18. The van der Waals surface area contributed by atoms with Gasteiger partial charge in [-0.2, -0.15) is 0 Å². The number of rotatable bonds is 1. The monoisotopic (exact) mass is 209 g/mol. The van der Waals surface area contributed by atoms with Crippen molar-refractivity contribution in [1.82, 2.24) is 0 Å². The van der Waals surface area contributed by atoms with Crippen LogP contribution in [0.25, 0.3) is 0 Å². The van der Waals surface area contributed by atoms with E-state index in [1.165, 1.54) is 5.56 Å². The van der Waals surface area contributed by atoms with Crippen molar-refractivity contribution in [3.63, 3.8) is 0 Å². The number of halogens is 1. The predicted molar refractivity (Wildman–Crippen MR) is 58.8 cm³/mol. The van der Waals surface area contributed by atoms with Crippen molar-refractivity contribution in [2.24, 2.45) is 4.99 Å². The number of hydrogen-bond acceptors (Lipinski definition) is 2. The number of aliphatic imine (C=N–C) groups is 1. The molecule has 1 aliphatic heterocycles. The second kappa shape index (κ2) is 3.62. The van der Waals surface area contributed by atoms with Gasteiger partial charge in [-0.15, -0.1) is 0 Å². The smallest absolute Gasteiger partial charge is 0.122 e. The van der Waals surface area contributed by atoms with Crippen molar-refractivity contribution in [2.75, 3.05) is 13.7 Å². The molecule has 0 radical (unpaired) electrons. The van der Waals surface area contributed by atoms with Crippen molar-refractivity contribution in [2.45, 2.75) is 13.3 Å². The second-order valence-electron chi connectivity index (χ2n) is 3.32. The van der Waals surface area contributed by atoms with Gasteiger partial charge in [-0.3, -0.25) is 4.99 Å². The van der Waals surface area contributed by atoms with Gasteiger partial charge >= 0.3 is 0 Å². The SMILES string of the molecule is COc1ccc(Cl)c2c1CCN=C2C. The van der Waals surface area contributed by atoms with Crippen LogP contribution in [0.2, 0.25) is 5.02 Å². The third-order valence-electron chi connectivity index (χ3n) is 2.51. The number of methoxy groups -OCH3 is 1. The van der Waals surface area contributed by atoms with Gasteiger partial charge < -0.3 is 4.74 Å². The summed E-state index contributed by atoms with van der Waals surface area (Å²) in [5, 5.41) is 0.766. The molecule has 0 amide bonds. The Bertz CT molecular complexity index is 399. The van der Waals surface area contributed by atoms with Crippen molar-refractivity contribution in [3.05, 3.63) is 28.3 Å². The Morgan fingerprint density at radius 3 is 2.93 bits per heavy atom. The molecule has 2 rings (SSSR count). The van der Waals surface area contributed by atoms with Crippen LogP contribution < -0.4 is 4.74 Å². The minimum atomic E-state index is 0.766. The zero-order chi connectivity index (χ0) is 10.1. The fourth-order valence-electron chi connectivity index (χ4n) is 1.85. The van der Waals surface area contributed by atoms with Crippen LogP contribution in [0.1, 0.15) is 18.1 Å². The molecule has 1 aliphatic rings. The average Bonchev–Trinajstić information content (AvgIpc) is 2.18. The molecule has 0 unspecified atom stereocenters. The maximum atomic E-state index is 6.13. The molecule has 0 bridgehead atoms. The molecule has 0 atom stereocenters. The van der Waals surface area contributed by atoms with Gasteiger partial charge in [-0.1, -0.05) is 11.6 Å². The van der Waals surface area contributed by atoms with Gasteiger partial charge in [0, 0.05) is 23.4 Å². The molecule has 0 aromatic heterocycles. The summed E-state index contributed by atoms with van der Waals surface area (Å²) in [6.07, 6.45) is 0.913. The molecule has 0 fully saturated rings. The third kappa shape index (κ3) is 1.40. The standard InChI is InChI=1S/C11H12ClNO/c1-7-11-8(5-6-13-7)10(14-2)4-3-9(11)12/h3-4H,5-6H2,1-2H3. The second-order valence-corrected chi connectivity index (χ2v) is 3.73. The molecule has 0 saturated heterocycles. The van der Waals surface area contributed by atoms with Gasteiger partial charge in [0.25, 0.3) is 0 Å². The van der Waals surface area contributed by atoms with E-state index in [4.69, 9.17) is 16.3 Å². The highest BCUT2D eigenvalue weighted by molar-refractivity contribution is 6.34. The molecule has 74 valence electrons. The molecule has 2 nitrogen and oxygen atoms in total. The van der Waals surface area contributed by atoms with Crippen LogP contribution >= 0.6 is 11.6 Å². The largest absolute Gasteiger partial charge is 0.496 e. The number of nitrogens with zero attached hydrogens (tertiary/aromatic N) is 1. The molecule has 0 N–H and O–H groups in total. The van der Waals surface area contributed by atoms with E-state index in [2.05, 4.69) is 4.99 Å². The Morgan fingerprint density at radius 2 is 2.21 bits per heavy atom. The van der Waals surface area contributed by atoms with E-state index < -0.39 is 0 Å². The molecule has 3 heteroatoms. The number of hydrogen-bond donors (Lipinski definition) is 0. The lowest BCUT2D eigenvalue weighted by Crippen LogP contribution is -2.11. The predicted octanol–water partition coefficient (Wildman–Crippen LogP) is 2.71. The van der Waals surface area contributed by atoms with Gasteiger partial charge in [-0.05, 0) is 25.5 Å². The molecule has 0 saturated carbocycles. The number of benzene rings is 1. The summed E-state index contributed by atoms with van der Waals surface area (Å²) in [5.41, 5.74) is 3.25. The lowest BCUT2D eigenvalue weighted by atomic mass is 9.97. The first-order chi connectivity index (χ1) is 6.74. The molecule has 14 heavy (non-hydrogen) atoms. The van der Waals surface area contributed by atoms with E-state index in [1.807, 2.05) is 19.1 Å². The Balaban J connectivity index is 2.66. The van der Waals surface area contributed by atoms with Crippen LogP contribution in [-0.4, -0.2) is 19.4 Å². The van der Waals surface area contributed by atoms with E-state index in [0.717, 1.165) is 35.0 Å². The minimum absolute atomic E-state index is 0.766. The maximum Gasteiger partial charge on any atom is 0.122 e. The molecule has 1 aromatic carbocycles. The van der Waals surface area contributed by atoms with Crippen molar-refractivity contribution in [3.8, 4) is 5.75 Å². The number of ether oxygens (including phenoxy) is 1. The van der Waals surface area contributed by atoms with Gasteiger partial charge in [0.1, 0.15) is 5.75 Å². The summed E-state index contributed by atoms with van der Waals surface area (Å²) in [6, 6.07) is 3.78. The summed E-state index contributed by atoms with van der Waals surface area (Å²) in [6.45, 7) is 2.82. The summed E-state index contributed by atoms with van der Waals surface area (Å²) in [5.74, 6) is 0.915. The minimum Gasteiger partial charge on any atom is -0.496 e. The van der Waals surface area contributed by atoms with Crippen LogP contribution in [0.4, 0.5) is 0 Å². The average molecular weight is 210 g/mol. The maximum absolute atomic E-state index is 6.13. The fourth-order valence-corrected chi connectivity index (χ4v) is 2.16. The fraction of sp³-hybridized carbons (Fsp3) is 0.364.